The molecule has 0 aliphatic heterocycles. The second-order valence-electron chi connectivity index (χ2n) is 5.50. The zero-order valence-corrected chi connectivity index (χ0v) is 12.7. The number of rotatable bonds is 5. The van der Waals surface area contributed by atoms with Gasteiger partial charge in [-0.1, -0.05) is 42.0 Å². The van der Waals surface area contributed by atoms with Crippen molar-refractivity contribution in [1.29, 1.82) is 0 Å². The average molecular weight is 268 g/mol. The number of hydrogen-bond acceptors (Lipinski definition) is 2. The summed E-state index contributed by atoms with van der Waals surface area (Å²) in [4.78, 5) is 2.30. The third-order valence-corrected chi connectivity index (χ3v) is 3.64. The molecule has 106 valence electrons. The lowest BCUT2D eigenvalue weighted by atomic mass is 10.1. The Balaban J connectivity index is 2.08. The fraction of sp³-hybridized carbons (Fsp3) is 0.333. The second kappa shape index (κ2) is 6.58. The number of benzene rings is 2. The van der Waals surface area contributed by atoms with Crippen molar-refractivity contribution in [2.45, 2.75) is 26.8 Å². The summed E-state index contributed by atoms with van der Waals surface area (Å²) >= 11 is 0. The van der Waals surface area contributed by atoms with Crippen LogP contribution in [0.4, 0.5) is 5.69 Å². The summed E-state index contributed by atoms with van der Waals surface area (Å²) in [5.41, 5.74) is 12.1. The van der Waals surface area contributed by atoms with Crippen molar-refractivity contribution in [1.82, 2.24) is 0 Å². The van der Waals surface area contributed by atoms with E-state index in [-0.39, 0.29) is 0 Å². The number of anilines is 1. The number of nitrogens with zero attached hydrogens (tertiary/aromatic N) is 1. The first-order chi connectivity index (χ1) is 9.60. The summed E-state index contributed by atoms with van der Waals surface area (Å²) in [6.07, 6.45) is 0.952. The van der Waals surface area contributed by atoms with Crippen LogP contribution < -0.4 is 10.6 Å². The summed E-state index contributed by atoms with van der Waals surface area (Å²) in [5.74, 6) is 0. The van der Waals surface area contributed by atoms with Gasteiger partial charge in [0.15, 0.2) is 0 Å². The zero-order valence-electron chi connectivity index (χ0n) is 12.7. The molecule has 0 unspecified atom stereocenters. The summed E-state index contributed by atoms with van der Waals surface area (Å²) < 4.78 is 0. The quantitative estimate of drug-likeness (QED) is 0.900. The topological polar surface area (TPSA) is 29.3 Å². The van der Waals surface area contributed by atoms with Crippen LogP contribution in [0.25, 0.3) is 0 Å². The molecule has 0 fully saturated rings. The molecule has 0 saturated carbocycles. The molecule has 0 saturated heterocycles. The van der Waals surface area contributed by atoms with E-state index in [1.807, 2.05) is 0 Å². The van der Waals surface area contributed by atoms with Crippen LogP contribution in [0.5, 0.6) is 0 Å². The molecule has 0 amide bonds. The third-order valence-electron chi connectivity index (χ3n) is 3.64. The van der Waals surface area contributed by atoms with Crippen molar-refractivity contribution >= 4 is 5.69 Å². The van der Waals surface area contributed by atoms with Crippen molar-refractivity contribution in [2.75, 3.05) is 18.5 Å². The minimum absolute atomic E-state index is 0.710. The molecule has 2 nitrogen and oxygen atoms in total. The van der Waals surface area contributed by atoms with E-state index in [1.165, 1.54) is 27.9 Å². The Kier molecular flexibility index (Phi) is 4.80. The number of hydrogen-bond donors (Lipinski definition) is 1. The molecule has 20 heavy (non-hydrogen) atoms. The highest BCUT2D eigenvalue weighted by Crippen LogP contribution is 2.21. The Hall–Kier alpha value is -1.80. The molecule has 0 aliphatic carbocycles. The van der Waals surface area contributed by atoms with Gasteiger partial charge in [-0.05, 0) is 49.6 Å². The van der Waals surface area contributed by atoms with E-state index in [0.717, 1.165) is 13.0 Å². The Morgan fingerprint density at radius 3 is 2.20 bits per heavy atom. The van der Waals surface area contributed by atoms with E-state index < -0.39 is 0 Å². The Morgan fingerprint density at radius 1 is 0.950 bits per heavy atom. The largest absolute Gasteiger partial charge is 0.370 e. The summed E-state index contributed by atoms with van der Waals surface area (Å²) in [5, 5.41) is 0. The van der Waals surface area contributed by atoms with Crippen LogP contribution in [-0.2, 0) is 13.0 Å². The molecule has 0 heterocycles. The number of nitrogens with two attached hydrogens (primary N) is 1. The van der Waals surface area contributed by atoms with Crippen molar-refractivity contribution < 1.29 is 0 Å². The van der Waals surface area contributed by atoms with Crippen LogP contribution in [0.2, 0.25) is 0 Å². The maximum Gasteiger partial charge on any atom is 0.0426 e. The minimum atomic E-state index is 0.710. The maximum atomic E-state index is 5.58. The van der Waals surface area contributed by atoms with E-state index in [2.05, 4.69) is 68.3 Å². The third kappa shape index (κ3) is 3.61. The molecule has 0 aromatic heterocycles. The van der Waals surface area contributed by atoms with Crippen LogP contribution in [-0.4, -0.2) is 13.6 Å². The smallest absolute Gasteiger partial charge is 0.0426 e. The molecule has 0 atom stereocenters. The predicted molar refractivity (Wildman–Crippen MR) is 87.2 cm³/mol. The van der Waals surface area contributed by atoms with Gasteiger partial charge < -0.3 is 10.6 Å². The first-order valence-corrected chi connectivity index (χ1v) is 7.16. The molecule has 0 aliphatic rings. The van der Waals surface area contributed by atoms with Gasteiger partial charge in [0.25, 0.3) is 0 Å². The molecule has 0 spiro atoms. The molecule has 2 aromatic rings. The van der Waals surface area contributed by atoms with Gasteiger partial charge in [-0.25, -0.2) is 0 Å². The van der Waals surface area contributed by atoms with Gasteiger partial charge in [0.05, 0.1) is 0 Å². The van der Waals surface area contributed by atoms with Crippen LogP contribution in [0.1, 0.15) is 22.3 Å². The van der Waals surface area contributed by atoms with E-state index in [1.54, 1.807) is 0 Å². The Bertz CT molecular complexity index is 558. The summed E-state index contributed by atoms with van der Waals surface area (Å²) in [6, 6.07) is 15.4. The van der Waals surface area contributed by atoms with Gasteiger partial charge >= 0.3 is 0 Å². The van der Waals surface area contributed by atoms with Crippen LogP contribution >= 0.6 is 0 Å². The standard InChI is InChI=1S/C18H24N2/c1-14-4-9-18(15(2)12-14)20(3)13-17-7-5-16(6-8-17)10-11-19/h4-9,12H,10-11,13,19H2,1-3H3. The summed E-state index contributed by atoms with van der Waals surface area (Å²) in [7, 11) is 2.14. The van der Waals surface area contributed by atoms with Gasteiger partial charge in [-0.3, -0.25) is 0 Å². The highest BCUT2D eigenvalue weighted by Gasteiger charge is 2.05. The first-order valence-electron chi connectivity index (χ1n) is 7.16. The normalized spacial score (nSPS) is 10.6. The van der Waals surface area contributed by atoms with Crippen molar-refractivity contribution in [3.05, 3.63) is 64.7 Å². The van der Waals surface area contributed by atoms with Gasteiger partial charge in [0, 0.05) is 19.3 Å². The lowest BCUT2D eigenvalue weighted by Gasteiger charge is -2.22. The summed E-state index contributed by atoms with van der Waals surface area (Å²) in [6.45, 7) is 5.94. The first kappa shape index (κ1) is 14.6. The predicted octanol–water partition coefficient (Wildman–Crippen LogP) is 3.44. The lowest BCUT2D eigenvalue weighted by molar-refractivity contribution is 0.911. The average Bonchev–Trinajstić information content (AvgIpc) is 2.41. The highest BCUT2D eigenvalue weighted by atomic mass is 15.1. The second-order valence-corrected chi connectivity index (χ2v) is 5.50. The van der Waals surface area contributed by atoms with Crippen molar-refractivity contribution in [3.63, 3.8) is 0 Å². The fourth-order valence-electron chi connectivity index (χ4n) is 2.57. The lowest BCUT2D eigenvalue weighted by Crippen LogP contribution is -2.17. The SMILES string of the molecule is Cc1ccc(N(C)Cc2ccc(CCN)cc2)c(C)c1. The molecule has 0 bridgehead atoms. The van der Waals surface area contributed by atoms with Gasteiger partial charge in [0.2, 0.25) is 0 Å². The molecule has 2 rings (SSSR count). The van der Waals surface area contributed by atoms with E-state index in [4.69, 9.17) is 5.73 Å². The highest BCUT2D eigenvalue weighted by molar-refractivity contribution is 5.54. The van der Waals surface area contributed by atoms with Crippen LogP contribution in [0.3, 0.4) is 0 Å². The Labute approximate surface area is 122 Å². The maximum absolute atomic E-state index is 5.58. The molecule has 0 radical (unpaired) electrons. The van der Waals surface area contributed by atoms with Gasteiger partial charge in [-0.15, -0.1) is 0 Å². The van der Waals surface area contributed by atoms with E-state index >= 15 is 0 Å². The molecular weight excluding hydrogens is 244 g/mol. The van der Waals surface area contributed by atoms with Crippen molar-refractivity contribution in [3.8, 4) is 0 Å². The number of aryl methyl sites for hydroxylation is 2. The van der Waals surface area contributed by atoms with Crippen LogP contribution in [0.15, 0.2) is 42.5 Å². The van der Waals surface area contributed by atoms with E-state index in [0.29, 0.717) is 6.54 Å². The van der Waals surface area contributed by atoms with Gasteiger partial charge in [-0.2, -0.15) is 0 Å². The fourth-order valence-corrected chi connectivity index (χ4v) is 2.57. The van der Waals surface area contributed by atoms with Gasteiger partial charge in [0.1, 0.15) is 0 Å². The molecular formula is C18H24N2. The monoisotopic (exact) mass is 268 g/mol. The van der Waals surface area contributed by atoms with Crippen LogP contribution in [0, 0.1) is 13.8 Å². The molecule has 2 N–H and O–H groups in total. The van der Waals surface area contributed by atoms with E-state index in [9.17, 15) is 0 Å². The Morgan fingerprint density at radius 2 is 1.60 bits per heavy atom. The molecule has 2 aromatic carbocycles. The zero-order chi connectivity index (χ0) is 14.5. The minimum Gasteiger partial charge on any atom is -0.370 e. The van der Waals surface area contributed by atoms with Crippen molar-refractivity contribution in [2.24, 2.45) is 5.73 Å². The molecule has 2 heteroatoms.